The van der Waals surface area contributed by atoms with Crippen molar-refractivity contribution in [1.29, 1.82) is 0 Å². The smallest absolute Gasteiger partial charge is 0.335 e. The molecule has 2 rings (SSSR count). The van der Waals surface area contributed by atoms with Crippen molar-refractivity contribution >= 4 is 11.7 Å². The summed E-state index contributed by atoms with van der Waals surface area (Å²) in [5.41, 5.74) is 1.67. The van der Waals surface area contributed by atoms with E-state index in [1.165, 1.54) is 0 Å². The Labute approximate surface area is 157 Å². The van der Waals surface area contributed by atoms with Gasteiger partial charge in [-0.1, -0.05) is 6.07 Å². The zero-order chi connectivity index (χ0) is 20.0. The first-order chi connectivity index (χ1) is 12.9. The molecule has 1 aromatic carbocycles. The van der Waals surface area contributed by atoms with Gasteiger partial charge < -0.3 is 40.0 Å². The Morgan fingerprint density at radius 3 is 2.56 bits per heavy atom. The topological polar surface area (TPSA) is 138 Å². The number of carboxylic acids is 1. The van der Waals surface area contributed by atoms with Crippen molar-refractivity contribution < 1.29 is 39.4 Å². The Morgan fingerprint density at radius 2 is 1.93 bits per heavy atom. The molecule has 0 saturated carbocycles. The second-order valence-electron chi connectivity index (χ2n) is 6.21. The number of nitrogens with one attached hydrogen (secondary N) is 1. The van der Waals surface area contributed by atoms with E-state index in [-0.39, 0.29) is 6.61 Å². The number of aliphatic carboxylic acids is 1. The minimum atomic E-state index is -1.72. The van der Waals surface area contributed by atoms with Gasteiger partial charge >= 0.3 is 5.97 Å². The third-order valence-electron chi connectivity index (χ3n) is 4.24. The highest BCUT2D eigenvalue weighted by atomic mass is 16.6. The normalized spacial score (nSPS) is 28.0. The Morgan fingerprint density at radius 1 is 1.19 bits per heavy atom. The molecule has 1 aromatic rings. The summed E-state index contributed by atoms with van der Waals surface area (Å²) in [6.45, 7) is 5.37. The number of aliphatic hydroxyl groups is 3. The number of hydrogen-bond donors (Lipinski definition) is 5. The van der Waals surface area contributed by atoms with E-state index >= 15 is 0 Å². The van der Waals surface area contributed by atoms with Gasteiger partial charge in [0.1, 0.15) is 36.8 Å². The summed E-state index contributed by atoms with van der Waals surface area (Å²) >= 11 is 0. The van der Waals surface area contributed by atoms with Crippen LogP contribution in [0.4, 0.5) is 5.69 Å². The van der Waals surface area contributed by atoms with Gasteiger partial charge in [0.05, 0.1) is 12.3 Å². The predicted octanol–water partition coefficient (Wildman–Crippen LogP) is -0.0316. The van der Waals surface area contributed by atoms with Gasteiger partial charge in [-0.25, -0.2) is 4.79 Å². The molecule has 1 fully saturated rings. The molecule has 0 aromatic heterocycles. The van der Waals surface area contributed by atoms with E-state index in [4.69, 9.17) is 19.3 Å². The summed E-state index contributed by atoms with van der Waals surface area (Å²) in [4.78, 5) is 11.2. The Hall–Kier alpha value is -1.91. The first-order valence-corrected chi connectivity index (χ1v) is 8.88. The van der Waals surface area contributed by atoms with Gasteiger partial charge in [-0.15, -0.1) is 0 Å². The molecule has 1 aliphatic rings. The predicted molar refractivity (Wildman–Crippen MR) is 95.7 cm³/mol. The van der Waals surface area contributed by atoms with E-state index < -0.39 is 36.5 Å². The Balaban J connectivity index is 2.08. The van der Waals surface area contributed by atoms with Crippen molar-refractivity contribution in [2.24, 2.45) is 0 Å². The van der Waals surface area contributed by atoms with Gasteiger partial charge in [0.25, 0.3) is 0 Å². The van der Waals surface area contributed by atoms with Crippen LogP contribution in [0.5, 0.6) is 5.75 Å². The number of carboxylic acid groups (broad SMARTS) is 1. The lowest BCUT2D eigenvalue weighted by atomic mass is 9.95. The van der Waals surface area contributed by atoms with Crippen molar-refractivity contribution in [3.63, 3.8) is 0 Å². The Kier molecular flexibility index (Phi) is 7.81. The fraction of sp³-hybridized carbons (Fsp3) is 0.611. The molecular weight excluding hydrogens is 358 g/mol. The van der Waals surface area contributed by atoms with Crippen LogP contribution in [0, 0.1) is 0 Å². The van der Waals surface area contributed by atoms with Gasteiger partial charge in [-0.3, -0.25) is 0 Å². The first-order valence-electron chi connectivity index (χ1n) is 8.88. The third-order valence-corrected chi connectivity index (χ3v) is 4.24. The minimum absolute atomic E-state index is 0.197. The maximum absolute atomic E-state index is 11.2. The molecule has 9 nitrogen and oxygen atoms in total. The highest BCUT2D eigenvalue weighted by Gasteiger charge is 2.47. The average molecular weight is 385 g/mol. The molecule has 1 unspecified atom stereocenters. The average Bonchev–Trinajstić information content (AvgIpc) is 2.65. The van der Waals surface area contributed by atoms with E-state index in [9.17, 15) is 20.1 Å². The van der Waals surface area contributed by atoms with E-state index in [1.807, 2.05) is 26.0 Å². The lowest BCUT2D eigenvalue weighted by molar-refractivity contribution is -0.231. The number of benzene rings is 1. The van der Waals surface area contributed by atoms with Gasteiger partial charge in [0.2, 0.25) is 0 Å². The molecule has 1 heterocycles. The fourth-order valence-electron chi connectivity index (χ4n) is 2.81. The van der Waals surface area contributed by atoms with E-state index in [1.54, 1.807) is 6.07 Å². The molecule has 27 heavy (non-hydrogen) atoms. The summed E-state index contributed by atoms with van der Waals surface area (Å²) in [5.74, 6) is -0.938. The number of rotatable bonds is 9. The first kappa shape index (κ1) is 21.4. The van der Waals surface area contributed by atoms with Crippen LogP contribution < -0.4 is 10.1 Å². The second-order valence-corrected chi connectivity index (χ2v) is 6.21. The molecule has 0 spiro atoms. The number of anilines is 1. The van der Waals surface area contributed by atoms with Gasteiger partial charge in [-0.2, -0.15) is 0 Å². The van der Waals surface area contributed by atoms with Crippen LogP contribution in [-0.4, -0.2) is 76.7 Å². The summed E-state index contributed by atoms with van der Waals surface area (Å²) < 4.78 is 16.3. The van der Waals surface area contributed by atoms with Crippen molar-refractivity contribution in [2.75, 3.05) is 25.1 Å². The van der Waals surface area contributed by atoms with Crippen LogP contribution in [0.2, 0.25) is 0 Å². The van der Waals surface area contributed by atoms with Crippen LogP contribution in [0.1, 0.15) is 19.4 Å². The van der Waals surface area contributed by atoms with Crippen LogP contribution in [0.15, 0.2) is 18.2 Å². The summed E-state index contributed by atoms with van der Waals surface area (Å²) in [7, 11) is 0. The van der Waals surface area contributed by atoms with Gasteiger partial charge in [0.15, 0.2) is 6.10 Å². The third kappa shape index (κ3) is 5.30. The molecule has 1 aliphatic heterocycles. The number of ether oxygens (including phenoxy) is 3. The van der Waals surface area contributed by atoms with Crippen molar-refractivity contribution in [3.8, 4) is 5.75 Å². The van der Waals surface area contributed by atoms with Crippen molar-refractivity contribution in [3.05, 3.63) is 23.8 Å². The fourth-order valence-corrected chi connectivity index (χ4v) is 2.81. The molecule has 0 amide bonds. The maximum Gasteiger partial charge on any atom is 0.335 e. The highest BCUT2D eigenvalue weighted by Crippen LogP contribution is 2.28. The zero-order valence-electron chi connectivity index (χ0n) is 15.4. The molecule has 0 bridgehead atoms. The van der Waals surface area contributed by atoms with Gasteiger partial charge in [-0.05, 0) is 31.5 Å². The van der Waals surface area contributed by atoms with Gasteiger partial charge in [0, 0.05) is 13.2 Å². The summed E-state index contributed by atoms with van der Waals surface area (Å²) in [6, 6.07) is 5.45. The largest absolute Gasteiger partial charge is 0.489 e. The SMILES string of the molecule is CCNc1cc(COCC)ccc1OC[C@@H]1O[C@H](C(=O)O)[C@@H](O)C(O)[C@H]1O. The molecular formula is C18H27NO8. The number of aliphatic hydroxyl groups excluding tert-OH is 3. The Bertz CT molecular complexity index is 625. The van der Waals surface area contributed by atoms with Crippen molar-refractivity contribution in [2.45, 2.75) is 51.0 Å². The number of carbonyl (C=O) groups is 1. The van der Waals surface area contributed by atoms with Crippen LogP contribution in [0.25, 0.3) is 0 Å². The quantitative estimate of drug-likeness (QED) is 0.397. The van der Waals surface area contributed by atoms with E-state index in [0.717, 1.165) is 11.3 Å². The molecule has 5 atom stereocenters. The number of hydrogen-bond acceptors (Lipinski definition) is 8. The van der Waals surface area contributed by atoms with E-state index in [0.29, 0.717) is 25.5 Å². The molecule has 0 radical (unpaired) electrons. The zero-order valence-corrected chi connectivity index (χ0v) is 15.4. The highest BCUT2D eigenvalue weighted by molar-refractivity contribution is 5.73. The van der Waals surface area contributed by atoms with Crippen LogP contribution >= 0.6 is 0 Å². The van der Waals surface area contributed by atoms with Crippen molar-refractivity contribution in [1.82, 2.24) is 0 Å². The van der Waals surface area contributed by atoms with Crippen LogP contribution in [-0.2, 0) is 20.9 Å². The second kappa shape index (κ2) is 9.86. The lowest BCUT2D eigenvalue weighted by Gasteiger charge is -2.38. The molecule has 5 N–H and O–H groups in total. The lowest BCUT2D eigenvalue weighted by Crippen LogP contribution is -2.61. The summed E-state index contributed by atoms with van der Waals surface area (Å²) in [5, 5.41) is 41.9. The molecule has 152 valence electrons. The standard InChI is InChI=1S/C18H27NO8/c1-3-19-11-7-10(8-25-4-2)5-6-12(11)26-9-13-14(20)15(21)16(22)17(27-13)18(23)24/h5-7,13-17,19-22H,3-4,8-9H2,1-2H3,(H,23,24)/t13-,14-,15?,16-,17-/m0/s1. The minimum Gasteiger partial charge on any atom is -0.489 e. The maximum atomic E-state index is 11.2. The monoisotopic (exact) mass is 385 g/mol. The molecule has 9 heteroatoms. The van der Waals surface area contributed by atoms with E-state index in [2.05, 4.69) is 5.32 Å². The molecule has 1 saturated heterocycles. The summed E-state index contributed by atoms with van der Waals surface area (Å²) in [6.07, 6.45) is -7.59. The molecule has 0 aliphatic carbocycles. The van der Waals surface area contributed by atoms with Crippen LogP contribution in [0.3, 0.4) is 0 Å².